The van der Waals surface area contributed by atoms with Gasteiger partial charge in [0.25, 0.3) is 0 Å². The van der Waals surface area contributed by atoms with E-state index in [0.717, 1.165) is 11.1 Å². The molecule has 2 aromatic rings. The Morgan fingerprint density at radius 2 is 2.30 bits per heavy atom. The predicted octanol–water partition coefficient (Wildman–Crippen LogP) is 2.65. The monoisotopic (exact) mass is 274 g/mol. The van der Waals surface area contributed by atoms with Crippen LogP contribution in [0.2, 0.25) is 0 Å². The molecule has 0 aliphatic rings. The highest BCUT2D eigenvalue weighted by molar-refractivity contribution is 5.87. The molecule has 2 rings (SSSR count). The van der Waals surface area contributed by atoms with E-state index in [0.29, 0.717) is 6.54 Å². The van der Waals surface area contributed by atoms with Crippen LogP contribution in [0.25, 0.3) is 0 Å². The minimum absolute atomic E-state index is 0.184. The van der Waals surface area contributed by atoms with Crippen LogP contribution < -0.4 is 0 Å². The van der Waals surface area contributed by atoms with Gasteiger partial charge in [-0.05, 0) is 31.7 Å². The van der Waals surface area contributed by atoms with Gasteiger partial charge in [0.15, 0.2) is 0 Å². The number of pyridine rings is 1. The highest BCUT2D eigenvalue weighted by atomic mass is 16.5. The van der Waals surface area contributed by atoms with Crippen LogP contribution in [0.1, 0.15) is 34.6 Å². The molecule has 0 fully saturated rings. The van der Waals surface area contributed by atoms with Gasteiger partial charge in [-0.3, -0.25) is 9.88 Å². The van der Waals surface area contributed by atoms with Crippen LogP contribution in [0, 0.1) is 0 Å². The second-order valence-electron chi connectivity index (χ2n) is 4.64. The standard InChI is InChI=1S/C15H18N2O3/c1-11(12-5-4-7-16-9-12)17(2)10-13-6-8-20-14(13)15(18)19-3/h4-9,11H,10H2,1-3H3/t11-/m0/s1. The molecule has 0 aliphatic carbocycles. The van der Waals surface area contributed by atoms with E-state index in [4.69, 9.17) is 9.15 Å². The summed E-state index contributed by atoms with van der Waals surface area (Å²) in [5.74, 6) is -0.190. The Hall–Kier alpha value is -2.14. The average molecular weight is 274 g/mol. The summed E-state index contributed by atoms with van der Waals surface area (Å²) in [6.45, 7) is 2.69. The number of carbonyl (C=O) groups is 1. The second-order valence-corrected chi connectivity index (χ2v) is 4.64. The van der Waals surface area contributed by atoms with E-state index in [1.165, 1.54) is 13.4 Å². The Kier molecular flexibility index (Phi) is 4.53. The van der Waals surface area contributed by atoms with E-state index in [-0.39, 0.29) is 11.8 Å². The molecule has 0 unspecified atom stereocenters. The lowest BCUT2D eigenvalue weighted by Crippen LogP contribution is -2.22. The molecule has 0 aliphatic heterocycles. The van der Waals surface area contributed by atoms with Crippen molar-refractivity contribution in [1.29, 1.82) is 0 Å². The van der Waals surface area contributed by atoms with Crippen molar-refractivity contribution in [2.24, 2.45) is 0 Å². The molecule has 1 atom stereocenters. The van der Waals surface area contributed by atoms with E-state index in [9.17, 15) is 4.79 Å². The van der Waals surface area contributed by atoms with Gasteiger partial charge in [0, 0.05) is 30.5 Å². The number of aromatic nitrogens is 1. The van der Waals surface area contributed by atoms with Crippen molar-refractivity contribution in [1.82, 2.24) is 9.88 Å². The van der Waals surface area contributed by atoms with Gasteiger partial charge in [0.2, 0.25) is 5.76 Å². The second kappa shape index (κ2) is 6.34. The summed E-state index contributed by atoms with van der Waals surface area (Å²) >= 11 is 0. The molecule has 0 amide bonds. The van der Waals surface area contributed by atoms with Gasteiger partial charge >= 0.3 is 5.97 Å². The topological polar surface area (TPSA) is 55.6 Å². The molecule has 5 heteroatoms. The van der Waals surface area contributed by atoms with E-state index >= 15 is 0 Å². The lowest BCUT2D eigenvalue weighted by Gasteiger charge is -2.24. The molecular formula is C15H18N2O3. The Morgan fingerprint density at radius 3 is 2.95 bits per heavy atom. The van der Waals surface area contributed by atoms with Crippen LogP contribution in [-0.2, 0) is 11.3 Å². The van der Waals surface area contributed by atoms with Crippen molar-refractivity contribution in [3.8, 4) is 0 Å². The number of hydrogen-bond donors (Lipinski definition) is 0. The van der Waals surface area contributed by atoms with Gasteiger partial charge < -0.3 is 9.15 Å². The maximum Gasteiger partial charge on any atom is 0.374 e. The molecule has 0 radical (unpaired) electrons. The normalized spacial score (nSPS) is 12.4. The average Bonchev–Trinajstić information content (AvgIpc) is 2.94. The third-order valence-corrected chi connectivity index (χ3v) is 3.37. The Balaban J connectivity index is 2.10. The molecule has 5 nitrogen and oxygen atoms in total. The Labute approximate surface area is 118 Å². The molecule has 20 heavy (non-hydrogen) atoms. The molecule has 0 spiro atoms. The van der Waals surface area contributed by atoms with Crippen LogP contribution in [-0.4, -0.2) is 30.0 Å². The molecule has 2 aromatic heterocycles. The molecule has 0 N–H and O–H groups in total. The summed E-state index contributed by atoms with van der Waals surface area (Å²) in [6, 6.07) is 5.92. The summed E-state index contributed by atoms with van der Waals surface area (Å²) in [7, 11) is 3.34. The molecule has 0 saturated carbocycles. The fourth-order valence-corrected chi connectivity index (χ4v) is 2.02. The lowest BCUT2D eigenvalue weighted by molar-refractivity contribution is 0.0561. The maximum atomic E-state index is 11.6. The van der Waals surface area contributed by atoms with Gasteiger partial charge in [-0.2, -0.15) is 0 Å². The van der Waals surface area contributed by atoms with Crippen LogP contribution in [0.4, 0.5) is 0 Å². The Bertz CT molecular complexity index is 566. The SMILES string of the molecule is COC(=O)c1occc1CN(C)[C@@H](C)c1cccnc1. The van der Waals surface area contributed by atoms with Crippen molar-refractivity contribution < 1.29 is 13.9 Å². The first-order valence-electron chi connectivity index (χ1n) is 6.38. The number of methoxy groups -OCH3 is 1. The molecule has 0 bridgehead atoms. The van der Waals surface area contributed by atoms with Gasteiger partial charge in [0.05, 0.1) is 13.4 Å². The number of furan rings is 1. The number of esters is 1. The van der Waals surface area contributed by atoms with Gasteiger partial charge in [-0.1, -0.05) is 6.07 Å². The quantitative estimate of drug-likeness (QED) is 0.784. The summed E-state index contributed by atoms with van der Waals surface area (Å²) < 4.78 is 9.89. The summed E-state index contributed by atoms with van der Waals surface area (Å²) in [5.41, 5.74) is 1.94. The van der Waals surface area contributed by atoms with Crippen molar-refractivity contribution >= 4 is 5.97 Å². The van der Waals surface area contributed by atoms with E-state index in [1.54, 1.807) is 12.3 Å². The lowest BCUT2D eigenvalue weighted by atomic mass is 10.1. The molecule has 106 valence electrons. The largest absolute Gasteiger partial charge is 0.463 e. The number of ether oxygens (including phenoxy) is 1. The van der Waals surface area contributed by atoms with Crippen molar-refractivity contribution in [2.75, 3.05) is 14.2 Å². The smallest absolute Gasteiger partial charge is 0.374 e. The van der Waals surface area contributed by atoms with Gasteiger partial charge in [-0.25, -0.2) is 4.79 Å². The number of hydrogen-bond acceptors (Lipinski definition) is 5. The van der Waals surface area contributed by atoms with Crippen molar-refractivity contribution in [3.63, 3.8) is 0 Å². The molecule has 0 saturated heterocycles. The van der Waals surface area contributed by atoms with Crippen molar-refractivity contribution in [2.45, 2.75) is 19.5 Å². The highest BCUT2D eigenvalue weighted by Crippen LogP contribution is 2.21. The summed E-state index contributed by atoms with van der Waals surface area (Å²) in [5, 5.41) is 0. The zero-order valence-electron chi connectivity index (χ0n) is 11.9. The first-order valence-corrected chi connectivity index (χ1v) is 6.38. The van der Waals surface area contributed by atoms with Crippen LogP contribution in [0.5, 0.6) is 0 Å². The minimum atomic E-state index is -0.451. The molecule has 2 heterocycles. The maximum absolute atomic E-state index is 11.6. The zero-order valence-corrected chi connectivity index (χ0v) is 11.9. The Morgan fingerprint density at radius 1 is 1.50 bits per heavy atom. The fourth-order valence-electron chi connectivity index (χ4n) is 2.02. The van der Waals surface area contributed by atoms with Crippen molar-refractivity contribution in [3.05, 3.63) is 53.7 Å². The summed E-state index contributed by atoms with van der Waals surface area (Å²) in [4.78, 5) is 17.8. The van der Waals surface area contributed by atoms with Gasteiger partial charge in [-0.15, -0.1) is 0 Å². The van der Waals surface area contributed by atoms with Crippen LogP contribution in [0.3, 0.4) is 0 Å². The molecular weight excluding hydrogens is 256 g/mol. The zero-order chi connectivity index (χ0) is 14.5. The first-order chi connectivity index (χ1) is 9.63. The van der Waals surface area contributed by atoms with E-state index < -0.39 is 5.97 Å². The fraction of sp³-hybridized carbons (Fsp3) is 0.333. The summed E-state index contributed by atoms with van der Waals surface area (Å²) in [6.07, 6.45) is 5.10. The third kappa shape index (κ3) is 3.05. The number of nitrogens with zero attached hydrogens (tertiary/aromatic N) is 2. The van der Waals surface area contributed by atoms with E-state index in [1.807, 2.05) is 25.4 Å². The highest BCUT2D eigenvalue weighted by Gasteiger charge is 2.19. The number of carbonyl (C=O) groups excluding carboxylic acids is 1. The predicted molar refractivity (Wildman–Crippen MR) is 74.2 cm³/mol. The van der Waals surface area contributed by atoms with Crippen LogP contribution >= 0.6 is 0 Å². The molecule has 0 aromatic carbocycles. The van der Waals surface area contributed by atoms with E-state index in [2.05, 4.69) is 16.8 Å². The van der Waals surface area contributed by atoms with Crippen LogP contribution in [0.15, 0.2) is 41.3 Å². The third-order valence-electron chi connectivity index (χ3n) is 3.37. The number of rotatable bonds is 5. The minimum Gasteiger partial charge on any atom is -0.463 e. The van der Waals surface area contributed by atoms with Gasteiger partial charge in [0.1, 0.15) is 0 Å². The first kappa shape index (κ1) is 14.3.